The fraction of sp³-hybridized carbons (Fsp3) is 0.650. The molecule has 0 aliphatic carbocycles. The molecule has 0 aromatic heterocycles. The average Bonchev–Trinajstić information content (AvgIpc) is 2.66. The van der Waals surface area contributed by atoms with Crippen molar-refractivity contribution in [1.82, 2.24) is 15.5 Å². The minimum absolute atomic E-state index is 0. The Kier molecular flexibility index (Phi) is 12.3. The van der Waals surface area contributed by atoms with Gasteiger partial charge in [0.25, 0.3) is 0 Å². The molecule has 1 aromatic rings. The summed E-state index contributed by atoms with van der Waals surface area (Å²) in [5.74, 6) is 1.01. The third kappa shape index (κ3) is 10.0. The fourth-order valence-corrected chi connectivity index (χ4v) is 3.71. The van der Waals surface area contributed by atoms with E-state index in [0.29, 0.717) is 48.6 Å². The minimum atomic E-state index is -4.12. The Labute approximate surface area is 198 Å². The smallest absolute Gasteiger partial charge is 0.386 e. The Morgan fingerprint density at radius 2 is 1.93 bits per heavy atom. The number of piperidine rings is 1. The van der Waals surface area contributed by atoms with Crippen LogP contribution in [-0.4, -0.2) is 61.4 Å². The van der Waals surface area contributed by atoms with Gasteiger partial charge in [-0.1, -0.05) is 29.8 Å². The van der Waals surface area contributed by atoms with Gasteiger partial charge in [-0.25, -0.2) is 0 Å². The second-order valence-electron chi connectivity index (χ2n) is 7.31. The normalized spacial score (nSPS) is 17.3. The molecule has 1 aliphatic heterocycles. The zero-order valence-electron chi connectivity index (χ0n) is 17.1. The zero-order chi connectivity index (χ0) is 21.3. The third-order valence-corrected chi connectivity index (χ3v) is 5.33. The fourth-order valence-electron chi connectivity index (χ4n) is 3.44. The minimum Gasteiger partial charge on any atom is -0.386 e. The van der Waals surface area contributed by atoms with Gasteiger partial charge in [-0.15, -0.1) is 24.0 Å². The summed E-state index contributed by atoms with van der Waals surface area (Å²) in [5.41, 5.74) is 0.638. The number of rotatable bonds is 8. The van der Waals surface area contributed by atoms with Crippen molar-refractivity contribution in [1.29, 1.82) is 0 Å². The van der Waals surface area contributed by atoms with Crippen LogP contribution in [-0.2, 0) is 0 Å². The van der Waals surface area contributed by atoms with E-state index >= 15 is 0 Å². The van der Waals surface area contributed by atoms with E-state index < -0.39 is 18.8 Å². The summed E-state index contributed by atoms with van der Waals surface area (Å²) in [4.78, 5) is 5.90. The molecule has 1 atom stereocenters. The predicted molar refractivity (Wildman–Crippen MR) is 126 cm³/mol. The Bertz CT molecular complexity index is 655. The molecule has 1 aliphatic rings. The van der Waals surface area contributed by atoms with Crippen molar-refractivity contribution >= 4 is 41.5 Å². The lowest BCUT2D eigenvalue weighted by Gasteiger charge is -2.32. The molecule has 0 spiro atoms. The van der Waals surface area contributed by atoms with Gasteiger partial charge in [0, 0.05) is 23.7 Å². The number of aliphatic hydroxyl groups is 1. The molecule has 1 aromatic carbocycles. The molecule has 0 saturated carbocycles. The van der Waals surface area contributed by atoms with E-state index in [1.165, 1.54) is 4.90 Å². The number of alkyl halides is 3. The summed E-state index contributed by atoms with van der Waals surface area (Å²) in [7, 11) is 0. The highest BCUT2D eigenvalue weighted by molar-refractivity contribution is 14.0. The van der Waals surface area contributed by atoms with Crippen molar-refractivity contribution in [2.24, 2.45) is 10.9 Å². The Balaban J connectivity index is 0.00000450. The van der Waals surface area contributed by atoms with E-state index in [1.54, 1.807) is 18.2 Å². The van der Waals surface area contributed by atoms with Gasteiger partial charge in [0.05, 0.1) is 13.1 Å². The molecular formula is C20H31ClF3IN4O. The number of guanidine groups is 1. The van der Waals surface area contributed by atoms with E-state index in [1.807, 2.05) is 13.0 Å². The molecule has 2 rings (SSSR count). The topological polar surface area (TPSA) is 59.9 Å². The molecule has 3 N–H and O–H groups in total. The molecule has 172 valence electrons. The molecular weight excluding hydrogens is 532 g/mol. The standard InChI is InChI=1S/C20H30ClF3N4O.HI/c1-2-25-19(27-13-18(29)16-5-3-4-6-17(16)21)26-10-7-15-8-11-28(12-9-15)14-20(22,23)24;/h3-6,15,18,29H,2,7-14H2,1H3,(H2,25,26,27);1H. The first-order valence-corrected chi connectivity index (χ1v) is 10.4. The number of aliphatic hydroxyl groups excluding tert-OH is 1. The van der Waals surface area contributed by atoms with Gasteiger partial charge in [0.2, 0.25) is 0 Å². The molecule has 0 radical (unpaired) electrons. The van der Waals surface area contributed by atoms with Gasteiger partial charge in [-0.3, -0.25) is 9.89 Å². The lowest BCUT2D eigenvalue weighted by Crippen LogP contribution is -2.41. The average molecular weight is 563 g/mol. The molecule has 0 amide bonds. The van der Waals surface area contributed by atoms with Gasteiger partial charge in [0.1, 0.15) is 6.10 Å². The number of halogens is 5. The zero-order valence-corrected chi connectivity index (χ0v) is 20.2. The van der Waals surface area contributed by atoms with E-state index in [-0.39, 0.29) is 30.5 Å². The first-order valence-electron chi connectivity index (χ1n) is 10.0. The van der Waals surface area contributed by atoms with Crippen molar-refractivity contribution in [2.45, 2.75) is 38.5 Å². The second kappa shape index (κ2) is 13.6. The van der Waals surface area contributed by atoms with Gasteiger partial charge in [-0.05, 0) is 51.3 Å². The summed E-state index contributed by atoms with van der Waals surface area (Å²) in [5, 5.41) is 17.2. The second-order valence-corrected chi connectivity index (χ2v) is 7.71. The van der Waals surface area contributed by atoms with Crippen LogP contribution in [0.5, 0.6) is 0 Å². The van der Waals surface area contributed by atoms with Crippen LogP contribution in [0.4, 0.5) is 13.2 Å². The maximum Gasteiger partial charge on any atom is 0.401 e. The highest BCUT2D eigenvalue weighted by Gasteiger charge is 2.32. The summed E-state index contributed by atoms with van der Waals surface area (Å²) in [6, 6.07) is 7.12. The molecule has 1 unspecified atom stereocenters. The molecule has 5 nitrogen and oxygen atoms in total. The van der Waals surface area contributed by atoms with Gasteiger partial charge in [0.15, 0.2) is 5.96 Å². The monoisotopic (exact) mass is 562 g/mol. The lowest BCUT2D eigenvalue weighted by atomic mass is 9.93. The SMILES string of the molecule is CCNC(=NCC(O)c1ccccc1Cl)NCCC1CCN(CC(F)(F)F)CC1.I. The van der Waals surface area contributed by atoms with Crippen molar-refractivity contribution in [2.75, 3.05) is 39.3 Å². The van der Waals surface area contributed by atoms with Crippen molar-refractivity contribution in [3.8, 4) is 0 Å². The largest absolute Gasteiger partial charge is 0.401 e. The summed E-state index contributed by atoms with van der Waals surface area (Å²) in [6.45, 7) is 3.66. The van der Waals surface area contributed by atoms with Crippen molar-refractivity contribution < 1.29 is 18.3 Å². The summed E-state index contributed by atoms with van der Waals surface area (Å²) >= 11 is 6.11. The van der Waals surface area contributed by atoms with Crippen LogP contribution in [0.3, 0.4) is 0 Å². The number of hydrogen-bond acceptors (Lipinski definition) is 3. The van der Waals surface area contributed by atoms with Gasteiger partial charge in [-0.2, -0.15) is 13.2 Å². The molecule has 0 bridgehead atoms. The maximum atomic E-state index is 12.5. The van der Waals surface area contributed by atoms with Crippen LogP contribution in [0.1, 0.15) is 37.9 Å². The number of hydrogen-bond donors (Lipinski definition) is 3. The molecule has 1 saturated heterocycles. The van der Waals surface area contributed by atoms with Crippen LogP contribution in [0.25, 0.3) is 0 Å². The van der Waals surface area contributed by atoms with E-state index in [9.17, 15) is 18.3 Å². The highest BCUT2D eigenvalue weighted by atomic mass is 127. The molecule has 10 heteroatoms. The number of benzene rings is 1. The Hall–Kier alpha value is -0.780. The summed E-state index contributed by atoms with van der Waals surface area (Å²) in [6.07, 6.45) is -2.50. The number of nitrogens with zero attached hydrogens (tertiary/aromatic N) is 2. The maximum absolute atomic E-state index is 12.5. The number of aliphatic imine (C=N–C) groups is 1. The van der Waals surface area contributed by atoms with Crippen LogP contribution in [0.2, 0.25) is 5.02 Å². The van der Waals surface area contributed by atoms with E-state index in [2.05, 4.69) is 15.6 Å². The Morgan fingerprint density at radius 1 is 1.27 bits per heavy atom. The van der Waals surface area contributed by atoms with Crippen molar-refractivity contribution in [3.05, 3.63) is 34.9 Å². The molecule has 30 heavy (non-hydrogen) atoms. The molecule has 1 fully saturated rings. The van der Waals surface area contributed by atoms with Gasteiger partial charge >= 0.3 is 6.18 Å². The van der Waals surface area contributed by atoms with Crippen molar-refractivity contribution in [3.63, 3.8) is 0 Å². The van der Waals surface area contributed by atoms with E-state index in [0.717, 1.165) is 19.3 Å². The van der Waals surface area contributed by atoms with Crippen LogP contribution < -0.4 is 10.6 Å². The molecule has 1 heterocycles. The Morgan fingerprint density at radius 3 is 2.53 bits per heavy atom. The summed E-state index contributed by atoms with van der Waals surface area (Å²) < 4.78 is 37.4. The van der Waals surface area contributed by atoms with Crippen LogP contribution >= 0.6 is 35.6 Å². The lowest BCUT2D eigenvalue weighted by molar-refractivity contribution is -0.148. The first-order chi connectivity index (χ1) is 13.8. The first kappa shape index (κ1) is 27.3. The highest BCUT2D eigenvalue weighted by Crippen LogP contribution is 2.24. The van der Waals surface area contributed by atoms with Gasteiger partial charge < -0.3 is 15.7 Å². The quantitative estimate of drug-likeness (QED) is 0.252. The predicted octanol–water partition coefficient (Wildman–Crippen LogP) is 4.21. The van der Waals surface area contributed by atoms with Crippen LogP contribution in [0.15, 0.2) is 29.3 Å². The number of likely N-dealkylation sites (tertiary alicyclic amines) is 1. The van der Waals surface area contributed by atoms with Crippen LogP contribution in [0, 0.1) is 5.92 Å². The van der Waals surface area contributed by atoms with E-state index in [4.69, 9.17) is 11.6 Å². The number of nitrogens with one attached hydrogen (secondary N) is 2. The third-order valence-electron chi connectivity index (χ3n) is 4.99.